The van der Waals surface area contributed by atoms with Crippen LogP contribution in [-0.2, 0) is 10.6 Å². The van der Waals surface area contributed by atoms with Crippen LogP contribution in [0.4, 0.5) is 5.82 Å². The number of pyridine rings is 1. The molecule has 1 aliphatic rings. The van der Waals surface area contributed by atoms with E-state index in [2.05, 4.69) is 29.9 Å². The van der Waals surface area contributed by atoms with Crippen molar-refractivity contribution in [1.29, 1.82) is 0 Å². The number of nitrogens with zero attached hydrogens (tertiary/aromatic N) is 2. The molecule has 0 spiro atoms. The van der Waals surface area contributed by atoms with E-state index in [4.69, 9.17) is 16.3 Å². The van der Waals surface area contributed by atoms with Gasteiger partial charge in [0, 0.05) is 24.9 Å². The fraction of sp³-hybridized carbons (Fsp3) is 0.615. The fourth-order valence-corrected chi connectivity index (χ4v) is 2.63. The Kier molecular flexibility index (Phi) is 3.89. The van der Waals surface area contributed by atoms with Crippen LogP contribution in [0.2, 0.25) is 0 Å². The van der Waals surface area contributed by atoms with E-state index in [-0.39, 0.29) is 0 Å². The molecule has 0 aromatic carbocycles. The van der Waals surface area contributed by atoms with Crippen molar-refractivity contribution < 1.29 is 4.74 Å². The molecule has 1 saturated heterocycles. The van der Waals surface area contributed by atoms with E-state index in [0.717, 1.165) is 36.7 Å². The number of rotatable bonds is 3. The minimum atomic E-state index is 0.422. The third kappa shape index (κ3) is 2.55. The van der Waals surface area contributed by atoms with Gasteiger partial charge in [-0.05, 0) is 31.9 Å². The minimum Gasteiger partial charge on any atom is -0.379 e. The zero-order chi connectivity index (χ0) is 12.4. The smallest absolute Gasteiger partial charge is 0.133 e. The number of ether oxygens (including phenoxy) is 1. The molecule has 1 unspecified atom stereocenters. The Morgan fingerprint density at radius 2 is 2.29 bits per heavy atom. The maximum atomic E-state index is 6.04. The molecule has 0 radical (unpaired) electrons. The van der Waals surface area contributed by atoms with Crippen molar-refractivity contribution in [2.75, 3.05) is 25.2 Å². The first-order valence-corrected chi connectivity index (χ1v) is 6.50. The first-order chi connectivity index (χ1) is 8.13. The summed E-state index contributed by atoms with van der Waals surface area (Å²) in [6, 6.07) is 2.51. The normalized spacial score (nSPS) is 19.6. The van der Waals surface area contributed by atoms with Crippen LogP contribution in [0.3, 0.4) is 0 Å². The lowest BCUT2D eigenvalue weighted by molar-refractivity contribution is 0.193. The van der Waals surface area contributed by atoms with Gasteiger partial charge in [-0.25, -0.2) is 4.98 Å². The van der Waals surface area contributed by atoms with Crippen LogP contribution < -0.4 is 4.90 Å². The number of hydrogen-bond acceptors (Lipinski definition) is 3. The molecule has 1 fully saturated rings. The molecule has 3 nitrogen and oxygen atoms in total. The third-order valence-corrected chi connectivity index (χ3v) is 3.64. The summed E-state index contributed by atoms with van der Waals surface area (Å²) >= 11 is 6.04. The molecule has 94 valence electrons. The number of halogens is 1. The summed E-state index contributed by atoms with van der Waals surface area (Å²) in [5, 5.41) is 0. The van der Waals surface area contributed by atoms with Crippen LogP contribution in [0.5, 0.6) is 0 Å². The molecule has 0 amide bonds. The summed E-state index contributed by atoms with van der Waals surface area (Å²) in [5.74, 6) is 1.51. The van der Waals surface area contributed by atoms with Gasteiger partial charge in [0.15, 0.2) is 0 Å². The largest absolute Gasteiger partial charge is 0.379 e. The van der Waals surface area contributed by atoms with E-state index in [9.17, 15) is 0 Å². The minimum absolute atomic E-state index is 0.422. The summed E-state index contributed by atoms with van der Waals surface area (Å²) in [7, 11) is 2.08. The van der Waals surface area contributed by atoms with Crippen LogP contribution in [-0.4, -0.2) is 31.3 Å². The van der Waals surface area contributed by atoms with Gasteiger partial charge in [-0.1, -0.05) is 0 Å². The second kappa shape index (κ2) is 5.23. The van der Waals surface area contributed by atoms with E-state index in [1.807, 2.05) is 6.92 Å². The van der Waals surface area contributed by atoms with Crippen LogP contribution in [0.15, 0.2) is 6.07 Å². The second-order valence-electron chi connectivity index (χ2n) is 4.64. The summed E-state index contributed by atoms with van der Waals surface area (Å²) in [5.41, 5.74) is 3.39. The van der Waals surface area contributed by atoms with Gasteiger partial charge < -0.3 is 9.64 Å². The zero-order valence-corrected chi connectivity index (χ0v) is 11.4. The summed E-state index contributed by atoms with van der Waals surface area (Å²) in [6.07, 6.45) is 1.06. The van der Waals surface area contributed by atoms with E-state index in [1.165, 1.54) is 5.56 Å². The molecule has 0 saturated carbocycles. The van der Waals surface area contributed by atoms with Crippen LogP contribution in [0.25, 0.3) is 0 Å². The van der Waals surface area contributed by atoms with E-state index in [1.54, 1.807) is 0 Å². The predicted octanol–water partition coefficient (Wildman–Crippen LogP) is 2.66. The molecule has 4 heteroatoms. The first-order valence-electron chi connectivity index (χ1n) is 5.97. The fourth-order valence-electron chi connectivity index (χ4n) is 2.30. The first kappa shape index (κ1) is 12.7. The number of hydrogen-bond donors (Lipinski definition) is 0. The average Bonchev–Trinajstić information content (AvgIpc) is 2.80. The molecule has 1 aliphatic heterocycles. The highest BCUT2D eigenvalue weighted by atomic mass is 35.5. The Hall–Kier alpha value is -0.800. The average molecular weight is 255 g/mol. The van der Waals surface area contributed by atoms with Crippen LogP contribution in [0.1, 0.15) is 23.2 Å². The molecule has 0 bridgehead atoms. The Morgan fingerprint density at radius 1 is 1.53 bits per heavy atom. The van der Waals surface area contributed by atoms with Crippen molar-refractivity contribution in [1.82, 2.24) is 4.98 Å². The van der Waals surface area contributed by atoms with Crippen LogP contribution in [0, 0.1) is 13.8 Å². The van der Waals surface area contributed by atoms with Crippen molar-refractivity contribution in [2.24, 2.45) is 0 Å². The van der Waals surface area contributed by atoms with Crippen molar-refractivity contribution in [3.05, 3.63) is 22.9 Å². The molecule has 2 rings (SSSR count). The Bertz CT molecular complexity index is 403. The van der Waals surface area contributed by atoms with E-state index >= 15 is 0 Å². The lowest BCUT2D eigenvalue weighted by atomic mass is 10.1. The van der Waals surface area contributed by atoms with Gasteiger partial charge in [0.2, 0.25) is 0 Å². The lowest BCUT2D eigenvalue weighted by Crippen LogP contribution is -2.33. The van der Waals surface area contributed by atoms with Gasteiger partial charge in [-0.2, -0.15) is 0 Å². The highest BCUT2D eigenvalue weighted by Crippen LogP contribution is 2.26. The quantitative estimate of drug-likeness (QED) is 0.776. The number of anilines is 1. The van der Waals surface area contributed by atoms with Gasteiger partial charge in [0.1, 0.15) is 5.82 Å². The molecule has 0 N–H and O–H groups in total. The highest BCUT2D eigenvalue weighted by molar-refractivity contribution is 6.17. The van der Waals surface area contributed by atoms with Gasteiger partial charge in [-0.15, -0.1) is 11.6 Å². The van der Waals surface area contributed by atoms with E-state index < -0.39 is 0 Å². The van der Waals surface area contributed by atoms with Crippen molar-refractivity contribution in [2.45, 2.75) is 32.2 Å². The molecule has 1 aromatic heterocycles. The van der Waals surface area contributed by atoms with Gasteiger partial charge in [-0.3, -0.25) is 0 Å². The number of likely N-dealkylation sites (N-methyl/N-ethyl adjacent to an activating group) is 1. The topological polar surface area (TPSA) is 25.4 Å². The summed E-state index contributed by atoms with van der Waals surface area (Å²) in [4.78, 5) is 6.85. The lowest BCUT2D eigenvalue weighted by Gasteiger charge is -2.27. The number of aromatic nitrogens is 1. The third-order valence-electron chi connectivity index (χ3n) is 3.37. The second-order valence-corrected chi connectivity index (χ2v) is 4.91. The molecule has 1 atom stereocenters. The Balaban J connectivity index is 2.35. The van der Waals surface area contributed by atoms with Crippen molar-refractivity contribution in [3.8, 4) is 0 Å². The standard InChI is InChI=1S/C13H19ClN2O/c1-9-6-10(2)15-13(12(9)7-14)16(3)11-4-5-17-8-11/h6,11H,4-5,7-8H2,1-3H3. The zero-order valence-electron chi connectivity index (χ0n) is 10.7. The van der Waals surface area contributed by atoms with E-state index in [0.29, 0.717) is 11.9 Å². The highest BCUT2D eigenvalue weighted by Gasteiger charge is 2.23. The Labute approximate surface area is 108 Å². The monoisotopic (exact) mass is 254 g/mol. The Morgan fingerprint density at radius 3 is 2.88 bits per heavy atom. The molecular formula is C13H19ClN2O. The summed E-state index contributed by atoms with van der Waals surface area (Å²) in [6.45, 7) is 5.74. The van der Waals surface area contributed by atoms with Gasteiger partial charge in [0.25, 0.3) is 0 Å². The maximum absolute atomic E-state index is 6.04. The summed E-state index contributed by atoms with van der Waals surface area (Å²) < 4.78 is 5.43. The van der Waals surface area contributed by atoms with Crippen molar-refractivity contribution >= 4 is 17.4 Å². The molecular weight excluding hydrogens is 236 g/mol. The molecule has 0 aliphatic carbocycles. The number of aryl methyl sites for hydroxylation is 2. The number of alkyl halides is 1. The SMILES string of the molecule is Cc1cc(C)c(CCl)c(N(C)C2CCOC2)n1. The molecule has 1 aromatic rings. The molecule has 2 heterocycles. The van der Waals surface area contributed by atoms with Gasteiger partial charge >= 0.3 is 0 Å². The van der Waals surface area contributed by atoms with Gasteiger partial charge in [0.05, 0.1) is 18.5 Å². The molecule has 17 heavy (non-hydrogen) atoms. The predicted molar refractivity (Wildman–Crippen MR) is 70.9 cm³/mol. The van der Waals surface area contributed by atoms with Crippen LogP contribution >= 0.6 is 11.6 Å². The van der Waals surface area contributed by atoms with Crippen molar-refractivity contribution in [3.63, 3.8) is 0 Å². The maximum Gasteiger partial charge on any atom is 0.133 e.